The summed E-state index contributed by atoms with van der Waals surface area (Å²) in [6, 6.07) is 0. The average Bonchev–Trinajstić information content (AvgIpc) is 2.29. The molecular formula is C12H20N4. The third-order valence-electron chi connectivity index (χ3n) is 3.14. The Labute approximate surface area is 97.3 Å². The summed E-state index contributed by atoms with van der Waals surface area (Å²) in [5, 5.41) is 0. The van der Waals surface area contributed by atoms with E-state index >= 15 is 0 Å². The van der Waals surface area contributed by atoms with Crippen LogP contribution in [0.2, 0.25) is 0 Å². The fourth-order valence-corrected chi connectivity index (χ4v) is 2.36. The molecule has 0 spiro atoms. The molecule has 4 nitrogen and oxygen atoms in total. The first-order chi connectivity index (χ1) is 7.68. The maximum Gasteiger partial charge on any atom is 0.150 e. The maximum atomic E-state index is 4.53. The number of likely N-dealkylation sites (N-methyl/N-ethyl adjacent to an activating group) is 1. The van der Waals surface area contributed by atoms with Gasteiger partial charge in [-0.2, -0.15) is 0 Å². The van der Waals surface area contributed by atoms with Crippen molar-refractivity contribution in [2.45, 2.75) is 18.8 Å². The second-order valence-electron chi connectivity index (χ2n) is 4.76. The summed E-state index contributed by atoms with van der Waals surface area (Å²) in [5.74, 6) is 1.55. The Morgan fingerprint density at radius 2 is 2.06 bits per heavy atom. The second-order valence-corrected chi connectivity index (χ2v) is 4.76. The van der Waals surface area contributed by atoms with Crippen LogP contribution < -0.4 is 4.90 Å². The van der Waals surface area contributed by atoms with Crippen LogP contribution >= 0.6 is 0 Å². The van der Waals surface area contributed by atoms with Crippen molar-refractivity contribution in [3.63, 3.8) is 0 Å². The number of hydrogen-bond donors (Lipinski definition) is 0. The molecule has 4 heteroatoms. The van der Waals surface area contributed by atoms with Crippen molar-refractivity contribution in [1.29, 1.82) is 0 Å². The molecule has 0 N–H and O–H groups in total. The molecule has 0 aliphatic carbocycles. The van der Waals surface area contributed by atoms with Crippen molar-refractivity contribution in [1.82, 2.24) is 14.9 Å². The van der Waals surface area contributed by atoms with Crippen molar-refractivity contribution in [2.24, 2.45) is 0 Å². The van der Waals surface area contributed by atoms with Crippen LogP contribution in [0.15, 0.2) is 12.4 Å². The molecule has 1 fully saturated rings. The lowest BCUT2D eigenvalue weighted by Gasteiger charge is -2.30. The minimum absolute atomic E-state index is 0.532. The summed E-state index contributed by atoms with van der Waals surface area (Å²) in [5.41, 5.74) is 1.15. The van der Waals surface area contributed by atoms with Gasteiger partial charge >= 0.3 is 0 Å². The molecular weight excluding hydrogens is 200 g/mol. The maximum absolute atomic E-state index is 4.53. The number of rotatable bonds is 2. The lowest BCUT2D eigenvalue weighted by Crippen LogP contribution is -2.32. The molecule has 0 amide bonds. The first-order valence-electron chi connectivity index (χ1n) is 5.85. The van der Waals surface area contributed by atoms with E-state index in [1.807, 2.05) is 14.1 Å². The van der Waals surface area contributed by atoms with E-state index in [1.165, 1.54) is 19.4 Å². The number of likely N-dealkylation sites (tertiary alicyclic amines) is 1. The summed E-state index contributed by atoms with van der Waals surface area (Å²) in [4.78, 5) is 13.4. The molecule has 2 rings (SSSR count). The van der Waals surface area contributed by atoms with Crippen LogP contribution in [0.25, 0.3) is 0 Å². The van der Waals surface area contributed by atoms with E-state index in [2.05, 4.69) is 26.8 Å². The average molecular weight is 220 g/mol. The van der Waals surface area contributed by atoms with Crippen molar-refractivity contribution >= 4 is 5.82 Å². The zero-order valence-corrected chi connectivity index (χ0v) is 10.3. The van der Waals surface area contributed by atoms with E-state index in [-0.39, 0.29) is 0 Å². The Morgan fingerprint density at radius 3 is 2.75 bits per heavy atom. The monoisotopic (exact) mass is 220 g/mol. The number of piperidine rings is 1. The molecule has 2 heterocycles. The summed E-state index contributed by atoms with van der Waals surface area (Å²) in [7, 11) is 6.23. The predicted octanol–water partition coefficient (Wildman–Crippen LogP) is 1.35. The highest BCUT2D eigenvalue weighted by molar-refractivity contribution is 5.43. The molecule has 16 heavy (non-hydrogen) atoms. The minimum atomic E-state index is 0.532. The highest BCUT2D eigenvalue weighted by Crippen LogP contribution is 2.29. The Morgan fingerprint density at radius 1 is 1.31 bits per heavy atom. The molecule has 0 saturated carbocycles. The molecule has 1 aromatic heterocycles. The fourth-order valence-electron chi connectivity index (χ4n) is 2.36. The van der Waals surface area contributed by atoms with E-state index < -0.39 is 0 Å². The van der Waals surface area contributed by atoms with Crippen LogP contribution in [0.3, 0.4) is 0 Å². The summed E-state index contributed by atoms with van der Waals surface area (Å²) in [6.45, 7) is 2.30. The van der Waals surface area contributed by atoms with Crippen molar-refractivity contribution in [3.05, 3.63) is 18.1 Å². The Hall–Kier alpha value is -1.16. The van der Waals surface area contributed by atoms with Gasteiger partial charge in [0.1, 0.15) is 5.82 Å². The van der Waals surface area contributed by atoms with E-state index in [1.54, 1.807) is 12.4 Å². The second kappa shape index (κ2) is 4.78. The number of nitrogens with zero attached hydrogens (tertiary/aromatic N) is 4. The van der Waals surface area contributed by atoms with Gasteiger partial charge in [0, 0.05) is 39.0 Å². The van der Waals surface area contributed by atoms with Gasteiger partial charge in [0.2, 0.25) is 0 Å². The molecule has 88 valence electrons. The first-order valence-corrected chi connectivity index (χ1v) is 5.85. The zero-order chi connectivity index (χ0) is 11.5. The van der Waals surface area contributed by atoms with Crippen LogP contribution in [-0.2, 0) is 0 Å². The van der Waals surface area contributed by atoms with Crippen molar-refractivity contribution in [2.75, 3.05) is 39.1 Å². The first kappa shape index (κ1) is 11.3. The fraction of sp³-hybridized carbons (Fsp3) is 0.667. The van der Waals surface area contributed by atoms with Gasteiger partial charge in [-0.25, -0.2) is 4.98 Å². The molecule has 1 aliphatic heterocycles. The third-order valence-corrected chi connectivity index (χ3v) is 3.14. The lowest BCUT2D eigenvalue weighted by molar-refractivity contribution is 0.248. The molecule has 0 radical (unpaired) electrons. The standard InChI is InChI=1S/C12H20N4/c1-15(2)12-11(13-6-7-14-12)10-5-4-8-16(3)9-10/h6-7,10H,4-5,8-9H2,1-3H3. The highest BCUT2D eigenvalue weighted by Gasteiger charge is 2.23. The number of hydrogen-bond acceptors (Lipinski definition) is 4. The zero-order valence-electron chi connectivity index (χ0n) is 10.3. The van der Waals surface area contributed by atoms with Crippen LogP contribution in [0.1, 0.15) is 24.5 Å². The minimum Gasteiger partial charge on any atom is -0.361 e. The lowest BCUT2D eigenvalue weighted by atomic mass is 9.94. The van der Waals surface area contributed by atoms with Gasteiger partial charge in [-0.05, 0) is 26.4 Å². The van der Waals surface area contributed by atoms with Gasteiger partial charge in [0.25, 0.3) is 0 Å². The topological polar surface area (TPSA) is 32.3 Å². The largest absolute Gasteiger partial charge is 0.361 e. The Balaban J connectivity index is 2.25. The quantitative estimate of drug-likeness (QED) is 0.753. The van der Waals surface area contributed by atoms with Gasteiger partial charge in [0.05, 0.1) is 5.69 Å². The van der Waals surface area contributed by atoms with Crippen molar-refractivity contribution < 1.29 is 0 Å². The van der Waals surface area contributed by atoms with E-state index in [4.69, 9.17) is 0 Å². The molecule has 1 aliphatic rings. The van der Waals surface area contributed by atoms with Crippen LogP contribution in [-0.4, -0.2) is 49.1 Å². The van der Waals surface area contributed by atoms with Crippen molar-refractivity contribution in [3.8, 4) is 0 Å². The smallest absolute Gasteiger partial charge is 0.150 e. The summed E-state index contributed by atoms with van der Waals surface area (Å²) in [6.07, 6.45) is 6.05. The molecule has 1 atom stereocenters. The van der Waals surface area contributed by atoms with Gasteiger partial charge in [-0.1, -0.05) is 0 Å². The molecule has 0 bridgehead atoms. The van der Waals surface area contributed by atoms with Crippen LogP contribution in [0.5, 0.6) is 0 Å². The van der Waals surface area contributed by atoms with E-state index in [0.29, 0.717) is 5.92 Å². The molecule has 1 unspecified atom stereocenters. The third kappa shape index (κ3) is 2.32. The number of anilines is 1. The Kier molecular flexibility index (Phi) is 3.39. The van der Waals surface area contributed by atoms with Crippen LogP contribution in [0, 0.1) is 0 Å². The van der Waals surface area contributed by atoms with Crippen LogP contribution in [0.4, 0.5) is 5.82 Å². The normalized spacial score (nSPS) is 22.1. The summed E-state index contributed by atoms with van der Waals surface area (Å²) >= 11 is 0. The molecule has 1 aromatic rings. The van der Waals surface area contributed by atoms with Gasteiger partial charge in [-0.15, -0.1) is 0 Å². The highest BCUT2D eigenvalue weighted by atomic mass is 15.2. The van der Waals surface area contributed by atoms with E-state index in [9.17, 15) is 0 Å². The molecule has 0 aromatic carbocycles. The Bertz CT molecular complexity index is 351. The molecule has 1 saturated heterocycles. The summed E-state index contributed by atoms with van der Waals surface area (Å²) < 4.78 is 0. The SMILES string of the molecule is CN1CCCC(c2nccnc2N(C)C)C1. The van der Waals surface area contributed by atoms with Gasteiger partial charge < -0.3 is 9.80 Å². The van der Waals surface area contributed by atoms with E-state index in [0.717, 1.165) is 18.1 Å². The number of aromatic nitrogens is 2. The van der Waals surface area contributed by atoms with Gasteiger partial charge in [0.15, 0.2) is 0 Å². The predicted molar refractivity (Wildman–Crippen MR) is 65.8 cm³/mol. The van der Waals surface area contributed by atoms with Gasteiger partial charge in [-0.3, -0.25) is 4.98 Å².